The van der Waals surface area contributed by atoms with E-state index in [0.29, 0.717) is 0 Å². The summed E-state index contributed by atoms with van der Waals surface area (Å²) in [7, 11) is 0. The van der Waals surface area contributed by atoms with Crippen LogP contribution in [-0.2, 0) is 6.61 Å². The smallest absolute Gasteiger partial charge is 0.125 e. The van der Waals surface area contributed by atoms with Crippen molar-refractivity contribution in [2.75, 3.05) is 0 Å². The van der Waals surface area contributed by atoms with E-state index in [1.54, 1.807) is 6.20 Å². The van der Waals surface area contributed by atoms with Gasteiger partial charge in [-0.25, -0.2) is 9.97 Å². The minimum Gasteiger partial charge on any atom is -0.391 e. The third-order valence-corrected chi connectivity index (χ3v) is 2.64. The fraction of sp³-hybridized carbons (Fsp3) is 0.250. The van der Waals surface area contributed by atoms with E-state index in [1.807, 2.05) is 13.0 Å². The lowest BCUT2D eigenvalue weighted by molar-refractivity contribution is 0.285. The molecule has 0 aliphatic carbocycles. The first-order valence-corrected chi connectivity index (χ1v) is 4.44. The van der Waals surface area contributed by atoms with Crippen LogP contribution in [0.3, 0.4) is 0 Å². The van der Waals surface area contributed by atoms with Crippen molar-refractivity contribution < 1.29 is 5.11 Å². The summed E-state index contributed by atoms with van der Waals surface area (Å²) >= 11 is 1.53. The van der Waals surface area contributed by atoms with Gasteiger partial charge in [-0.3, -0.25) is 0 Å². The normalized spacial score (nSPS) is 10.8. The molecule has 0 amide bonds. The molecular weight excluding hydrogens is 172 g/mol. The van der Waals surface area contributed by atoms with Crippen LogP contribution in [0.15, 0.2) is 12.3 Å². The molecular formula is C8H8N2OS. The lowest BCUT2D eigenvalue weighted by Gasteiger charge is -1.88. The van der Waals surface area contributed by atoms with E-state index in [2.05, 4.69) is 9.97 Å². The summed E-state index contributed by atoms with van der Waals surface area (Å²) in [4.78, 5) is 9.24. The molecule has 0 unspecified atom stereocenters. The summed E-state index contributed by atoms with van der Waals surface area (Å²) in [5, 5.41) is 8.87. The molecule has 3 nitrogen and oxygen atoms in total. The molecule has 0 aromatic carbocycles. The number of hydrogen-bond acceptors (Lipinski definition) is 4. The van der Waals surface area contributed by atoms with Gasteiger partial charge in [-0.15, -0.1) is 11.3 Å². The number of nitrogens with zero attached hydrogens (tertiary/aromatic N) is 2. The highest BCUT2D eigenvalue weighted by Crippen LogP contribution is 2.22. The summed E-state index contributed by atoms with van der Waals surface area (Å²) in [6, 6.07) is 1.90. The molecule has 1 N–H and O–H groups in total. The molecule has 2 aromatic heterocycles. The van der Waals surface area contributed by atoms with Crippen molar-refractivity contribution in [3.05, 3.63) is 23.0 Å². The van der Waals surface area contributed by atoms with E-state index in [9.17, 15) is 0 Å². The highest BCUT2D eigenvalue weighted by molar-refractivity contribution is 7.18. The van der Waals surface area contributed by atoms with Crippen molar-refractivity contribution in [2.45, 2.75) is 13.5 Å². The predicted molar refractivity (Wildman–Crippen MR) is 48.1 cm³/mol. The van der Waals surface area contributed by atoms with Gasteiger partial charge in [0.15, 0.2) is 0 Å². The molecule has 0 aliphatic heterocycles. The molecule has 12 heavy (non-hydrogen) atoms. The first-order chi connectivity index (χ1) is 5.79. The van der Waals surface area contributed by atoms with Gasteiger partial charge in [0, 0.05) is 11.1 Å². The molecule has 4 heteroatoms. The van der Waals surface area contributed by atoms with Gasteiger partial charge in [0.1, 0.15) is 5.82 Å². The molecule has 0 radical (unpaired) electrons. The second kappa shape index (κ2) is 2.80. The minimum absolute atomic E-state index is 0.0834. The minimum atomic E-state index is 0.0834. The largest absolute Gasteiger partial charge is 0.391 e. The maximum absolute atomic E-state index is 8.87. The molecule has 0 aliphatic rings. The summed E-state index contributed by atoms with van der Waals surface area (Å²) in [5.41, 5.74) is 0.927. The number of fused-ring (bicyclic) bond motifs is 1. The summed E-state index contributed by atoms with van der Waals surface area (Å²) < 4.78 is 1.03. The van der Waals surface area contributed by atoms with Crippen molar-refractivity contribution in [3.8, 4) is 0 Å². The van der Waals surface area contributed by atoms with E-state index in [1.165, 1.54) is 11.3 Å². The topological polar surface area (TPSA) is 46.0 Å². The maximum Gasteiger partial charge on any atom is 0.125 e. The van der Waals surface area contributed by atoms with Gasteiger partial charge >= 0.3 is 0 Å². The average molecular weight is 180 g/mol. The van der Waals surface area contributed by atoms with Gasteiger partial charge in [0.25, 0.3) is 0 Å². The van der Waals surface area contributed by atoms with Gasteiger partial charge in [-0.1, -0.05) is 0 Å². The molecule has 62 valence electrons. The SMILES string of the molecule is Cc1ncc2sc(CO)cc2n1. The zero-order chi connectivity index (χ0) is 8.55. The summed E-state index contributed by atoms with van der Waals surface area (Å²) in [6.45, 7) is 1.94. The second-order valence-corrected chi connectivity index (χ2v) is 3.71. The van der Waals surface area contributed by atoms with Crippen LogP contribution in [-0.4, -0.2) is 15.1 Å². The standard InChI is InChI=1S/C8H8N2OS/c1-5-9-3-8-7(10-5)2-6(4-11)12-8/h2-3,11H,4H2,1H3. The molecule has 0 saturated carbocycles. The van der Waals surface area contributed by atoms with E-state index in [-0.39, 0.29) is 6.61 Å². The van der Waals surface area contributed by atoms with Crippen molar-refractivity contribution in [2.24, 2.45) is 0 Å². The predicted octanol–water partition coefficient (Wildman–Crippen LogP) is 1.49. The van der Waals surface area contributed by atoms with E-state index < -0.39 is 0 Å². The number of rotatable bonds is 1. The zero-order valence-corrected chi connectivity index (χ0v) is 7.43. The first-order valence-electron chi connectivity index (χ1n) is 3.62. The Kier molecular flexibility index (Phi) is 1.78. The van der Waals surface area contributed by atoms with Crippen molar-refractivity contribution in [1.82, 2.24) is 9.97 Å². The van der Waals surface area contributed by atoms with E-state index in [4.69, 9.17) is 5.11 Å². The van der Waals surface area contributed by atoms with Crippen LogP contribution in [0, 0.1) is 6.92 Å². The van der Waals surface area contributed by atoms with Crippen LogP contribution in [0.5, 0.6) is 0 Å². The van der Waals surface area contributed by atoms with Crippen LogP contribution in [0.25, 0.3) is 10.2 Å². The number of aliphatic hydroxyl groups is 1. The Morgan fingerprint density at radius 2 is 2.42 bits per heavy atom. The van der Waals surface area contributed by atoms with Crippen molar-refractivity contribution in [3.63, 3.8) is 0 Å². The molecule has 0 saturated heterocycles. The molecule has 2 aromatic rings. The Balaban J connectivity index is 2.67. The Labute approximate surface area is 73.7 Å². The zero-order valence-electron chi connectivity index (χ0n) is 6.61. The number of aromatic nitrogens is 2. The highest BCUT2D eigenvalue weighted by atomic mass is 32.1. The number of aliphatic hydroxyl groups excluding tert-OH is 1. The van der Waals surface area contributed by atoms with Crippen LogP contribution in [0.2, 0.25) is 0 Å². The Morgan fingerprint density at radius 1 is 1.58 bits per heavy atom. The number of thiophene rings is 1. The average Bonchev–Trinajstić information content (AvgIpc) is 2.46. The van der Waals surface area contributed by atoms with Gasteiger partial charge in [0.2, 0.25) is 0 Å². The van der Waals surface area contributed by atoms with Crippen molar-refractivity contribution in [1.29, 1.82) is 0 Å². The lowest BCUT2D eigenvalue weighted by Crippen LogP contribution is -1.83. The Hall–Kier alpha value is -1.00. The fourth-order valence-electron chi connectivity index (χ4n) is 1.06. The molecule has 2 rings (SSSR count). The number of aryl methyl sites for hydroxylation is 1. The third-order valence-electron chi connectivity index (χ3n) is 1.60. The van der Waals surface area contributed by atoms with Crippen LogP contribution < -0.4 is 0 Å². The van der Waals surface area contributed by atoms with E-state index >= 15 is 0 Å². The summed E-state index contributed by atoms with van der Waals surface area (Å²) in [5.74, 6) is 0.768. The molecule has 0 spiro atoms. The van der Waals surface area contributed by atoms with Gasteiger partial charge in [-0.05, 0) is 13.0 Å². The molecule has 2 heterocycles. The molecule has 0 bridgehead atoms. The monoisotopic (exact) mass is 180 g/mol. The summed E-state index contributed by atoms with van der Waals surface area (Å²) in [6.07, 6.45) is 1.79. The lowest BCUT2D eigenvalue weighted by atomic mass is 10.4. The number of hydrogen-bond donors (Lipinski definition) is 1. The van der Waals surface area contributed by atoms with Gasteiger partial charge < -0.3 is 5.11 Å². The van der Waals surface area contributed by atoms with Crippen LogP contribution >= 0.6 is 11.3 Å². The quantitative estimate of drug-likeness (QED) is 0.723. The highest BCUT2D eigenvalue weighted by Gasteiger charge is 2.01. The Bertz CT molecular complexity index is 410. The Morgan fingerprint density at radius 3 is 3.17 bits per heavy atom. The molecule has 0 atom stereocenters. The third kappa shape index (κ3) is 1.19. The van der Waals surface area contributed by atoms with Gasteiger partial charge in [-0.2, -0.15) is 0 Å². The molecule has 0 fully saturated rings. The van der Waals surface area contributed by atoms with Crippen molar-refractivity contribution >= 4 is 21.6 Å². The van der Waals surface area contributed by atoms with Crippen LogP contribution in [0.1, 0.15) is 10.7 Å². The fourth-order valence-corrected chi connectivity index (χ4v) is 1.89. The first kappa shape index (κ1) is 7.64. The van der Waals surface area contributed by atoms with E-state index in [0.717, 1.165) is 20.9 Å². The van der Waals surface area contributed by atoms with Gasteiger partial charge in [0.05, 0.1) is 16.8 Å². The van der Waals surface area contributed by atoms with Crippen LogP contribution in [0.4, 0.5) is 0 Å². The maximum atomic E-state index is 8.87. The second-order valence-electron chi connectivity index (χ2n) is 2.54.